The van der Waals surface area contributed by atoms with Crippen molar-refractivity contribution in [2.45, 2.75) is 13.5 Å². The molecular weight excluding hydrogens is 503 g/mol. The van der Waals surface area contributed by atoms with E-state index in [-0.39, 0.29) is 5.91 Å². The molecular formula is C22H16ClIN2OS. The number of hydrogen-bond donors (Lipinski definition) is 0. The Morgan fingerprint density at radius 2 is 1.79 bits per heavy atom. The molecule has 3 aromatic carbocycles. The molecule has 0 radical (unpaired) electrons. The lowest BCUT2D eigenvalue weighted by atomic mass is 10.1. The van der Waals surface area contributed by atoms with E-state index in [0.29, 0.717) is 22.3 Å². The second-order valence-electron chi connectivity index (χ2n) is 6.37. The van der Waals surface area contributed by atoms with Crippen molar-refractivity contribution >= 4 is 66.8 Å². The molecule has 0 saturated carbocycles. The van der Waals surface area contributed by atoms with Crippen LogP contribution in [0.25, 0.3) is 10.2 Å². The van der Waals surface area contributed by atoms with Gasteiger partial charge in [0.1, 0.15) is 0 Å². The lowest BCUT2D eigenvalue weighted by molar-refractivity contribution is 0.0984. The van der Waals surface area contributed by atoms with Gasteiger partial charge in [-0.25, -0.2) is 4.98 Å². The molecule has 6 heteroatoms. The van der Waals surface area contributed by atoms with E-state index >= 15 is 0 Å². The predicted octanol–water partition coefficient (Wildman–Crippen LogP) is 6.71. The highest BCUT2D eigenvalue weighted by Crippen LogP contribution is 2.35. The minimum absolute atomic E-state index is 0.0586. The van der Waals surface area contributed by atoms with Crippen molar-refractivity contribution in [1.82, 2.24) is 4.98 Å². The van der Waals surface area contributed by atoms with Crippen LogP contribution in [0.4, 0.5) is 5.13 Å². The summed E-state index contributed by atoms with van der Waals surface area (Å²) in [6.45, 7) is 2.41. The number of nitrogens with zero attached hydrogens (tertiary/aromatic N) is 2. The molecule has 0 fully saturated rings. The monoisotopic (exact) mass is 518 g/mol. The second kappa shape index (κ2) is 8.19. The maximum Gasteiger partial charge on any atom is 0.261 e. The van der Waals surface area contributed by atoms with Gasteiger partial charge in [-0.3, -0.25) is 9.69 Å². The fourth-order valence-corrected chi connectivity index (χ4v) is 4.77. The number of amides is 1. The highest BCUT2D eigenvalue weighted by Gasteiger charge is 2.23. The molecule has 0 spiro atoms. The number of carbonyl (C=O) groups is 1. The van der Waals surface area contributed by atoms with Gasteiger partial charge in [0, 0.05) is 8.59 Å². The van der Waals surface area contributed by atoms with Crippen molar-refractivity contribution in [3.05, 3.63) is 92.0 Å². The topological polar surface area (TPSA) is 33.2 Å². The van der Waals surface area contributed by atoms with Gasteiger partial charge in [-0.2, -0.15) is 0 Å². The van der Waals surface area contributed by atoms with Crippen LogP contribution < -0.4 is 4.90 Å². The van der Waals surface area contributed by atoms with Crippen LogP contribution in [0.5, 0.6) is 0 Å². The number of thiazole rings is 1. The fraction of sp³-hybridized carbons (Fsp3) is 0.0909. The Balaban J connectivity index is 1.82. The smallest absolute Gasteiger partial charge is 0.261 e. The molecule has 3 nitrogen and oxygen atoms in total. The van der Waals surface area contributed by atoms with Crippen LogP contribution in [0.1, 0.15) is 21.5 Å². The van der Waals surface area contributed by atoms with E-state index in [1.165, 1.54) is 11.3 Å². The summed E-state index contributed by atoms with van der Waals surface area (Å²) in [7, 11) is 0. The third-order valence-electron chi connectivity index (χ3n) is 4.50. The first-order chi connectivity index (χ1) is 13.5. The van der Waals surface area contributed by atoms with Crippen LogP contribution >= 0.6 is 45.5 Å². The van der Waals surface area contributed by atoms with Gasteiger partial charge in [0.05, 0.1) is 22.3 Å². The highest BCUT2D eigenvalue weighted by molar-refractivity contribution is 14.1. The maximum absolute atomic E-state index is 13.5. The number of rotatable bonds is 4. The molecule has 140 valence electrons. The Hall–Kier alpha value is -1.96. The number of anilines is 1. The summed E-state index contributed by atoms with van der Waals surface area (Å²) >= 11 is 9.98. The minimum atomic E-state index is -0.0586. The third-order valence-corrected chi connectivity index (χ3v) is 6.89. The summed E-state index contributed by atoms with van der Waals surface area (Å²) in [5.41, 5.74) is 3.51. The number of aromatic nitrogens is 1. The fourth-order valence-electron chi connectivity index (χ4n) is 2.98. The molecule has 0 unspecified atom stereocenters. The molecule has 0 N–H and O–H groups in total. The Kier molecular flexibility index (Phi) is 5.66. The summed E-state index contributed by atoms with van der Waals surface area (Å²) in [4.78, 5) is 20.0. The second-order valence-corrected chi connectivity index (χ2v) is 8.95. The summed E-state index contributed by atoms with van der Waals surface area (Å²) < 4.78 is 1.94. The molecule has 1 heterocycles. The van der Waals surface area contributed by atoms with Crippen LogP contribution in [0, 0.1) is 10.5 Å². The van der Waals surface area contributed by atoms with E-state index < -0.39 is 0 Å². The number of aryl methyl sites for hydroxylation is 1. The zero-order valence-corrected chi connectivity index (χ0v) is 18.8. The van der Waals surface area contributed by atoms with E-state index in [9.17, 15) is 4.79 Å². The van der Waals surface area contributed by atoms with Gasteiger partial charge in [-0.1, -0.05) is 65.4 Å². The predicted molar refractivity (Wildman–Crippen MR) is 125 cm³/mol. The van der Waals surface area contributed by atoms with Crippen LogP contribution in [0.3, 0.4) is 0 Å². The molecule has 4 aromatic rings. The molecule has 0 aliphatic rings. The molecule has 0 aliphatic carbocycles. The van der Waals surface area contributed by atoms with Gasteiger partial charge in [0.25, 0.3) is 5.91 Å². The number of carbonyl (C=O) groups excluding carboxylic acids is 1. The zero-order valence-electron chi connectivity index (χ0n) is 15.0. The largest absolute Gasteiger partial charge is 0.279 e. The van der Waals surface area contributed by atoms with Crippen molar-refractivity contribution in [2.75, 3.05) is 4.90 Å². The van der Waals surface area contributed by atoms with E-state index in [2.05, 4.69) is 22.6 Å². The summed E-state index contributed by atoms with van der Waals surface area (Å²) in [6, 6.07) is 21.4. The molecule has 4 rings (SSSR count). The summed E-state index contributed by atoms with van der Waals surface area (Å²) in [6.07, 6.45) is 0. The molecule has 1 aromatic heterocycles. The Morgan fingerprint density at radius 3 is 2.54 bits per heavy atom. The van der Waals surface area contributed by atoms with E-state index in [4.69, 9.17) is 16.6 Å². The number of fused-ring (bicyclic) bond motifs is 1. The molecule has 0 saturated heterocycles. The molecule has 0 bridgehead atoms. The van der Waals surface area contributed by atoms with E-state index in [0.717, 1.165) is 24.9 Å². The Morgan fingerprint density at radius 1 is 1.07 bits per heavy atom. The van der Waals surface area contributed by atoms with Gasteiger partial charge < -0.3 is 0 Å². The summed E-state index contributed by atoms with van der Waals surface area (Å²) in [5, 5.41) is 1.36. The van der Waals surface area contributed by atoms with Gasteiger partial charge >= 0.3 is 0 Å². The molecule has 28 heavy (non-hydrogen) atoms. The SMILES string of the molecule is Cc1c(Cl)ccc2sc(N(Cc3ccccc3)C(=O)c3ccccc3I)nc12. The molecule has 0 aliphatic heterocycles. The average Bonchev–Trinajstić information content (AvgIpc) is 3.14. The number of benzene rings is 3. The Labute approximate surface area is 186 Å². The van der Waals surface area contributed by atoms with Crippen molar-refractivity contribution in [3.8, 4) is 0 Å². The Bertz CT molecular complexity index is 1160. The quantitative estimate of drug-likeness (QED) is 0.281. The van der Waals surface area contributed by atoms with Gasteiger partial charge in [-0.15, -0.1) is 0 Å². The van der Waals surface area contributed by atoms with E-state index in [1.807, 2.05) is 73.7 Å². The van der Waals surface area contributed by atoms with Crippen LogP contribution in [0.15, 0.2) is 66.7 Å². The minimum Gasteiger partial charge on any atom is -0.279 e. The highest BCUT2D eigenvalue weighted by atomic mass is 127. The van der Waals surface area contributed by atoms with Crippen molar-refractivity contribution in [3.63, 3.8) is 0 Å². The van der Waals surface area contributed by atoms with Gasteiger partial charge in [-0.05, 0) is 64.9 Å². The van der Waals surface area contributed by atoms with Crippen LogP contribution in [-0.4, -0.2) is 10.9 Å². The standard InChI is InChI=1S/C22H16ClIN2OS/c1-14-17(23)11-12-19-20(14)25-22(28-19)26(13-15-7-3-2-4-8-15)21(27)16-9-5-6-10-18(16)24/h2-12H,13H2,1H3. The molecule has 0 atom stereocenters. The molecule has 1 amide bonds. The van der Waals surface area contributed by atoms with Crippen LogP contribution in [-0.2, 0) is 6.54 Å². The van der Waals surface area contributed by atoms with Crippen molar-refractivity contribution in [2.24, 2.45) is 0 Å². The lowest BCUT2D eigenvalue weighted by Gasteiger charge is -2.20. The maximum atomic E-state index is 13.5. The number of hydrogen-bond acceptors (Lipinski definition) is 3. The van der Waals surface area contributed by atoms with Crippen molar-refractivity contribution in [1.29, 1.82) is 0 Å². The lowest BCUT2D eigenvalue weighted by Crippen LogP contribution is -2.30. The first kappa shape index (κ1) is 19.4. The van der Waals surface area contributed by atoms with Crippen molar-refractivity contribution < 1.29 is 4.79 Å². The van der Waals surface area contributed by atoms with Gasteiger partial charge in [0.2, 0.25) is 0 Å². The summed E-state index contributed by atoms with van der Waals surface area (Å²) in [5.74, 6) is -0.0586. The number of halogens is 2. The third kappa shape index (κ3) is 3.79. The zero-order chi connectivity index (χ0) is 19.7. The van der Waals surface area contributed by atoms with E-state index in [1.54, 1.807) is 4.90 Å². The van der Waals surface area contributed by atoms with Gasteiger partial charge in [0.15, 0.2) is 5.13 Å². The average molecular weight is 519 g/mol. The first-order valence-corrected chi connectivity index (χ1v) is 11.0. The first-order valence-electron chi connectivity index (χ1n) is 8.70. The van der Waals surface area contributed by atoms with Crippen LogP contribution in [0.2, 0.25) is 5.02 Å². The normalized spacial score (nSPS) is 11.0.